The Bertz CT molecular complexity index is 910. The molecule has 0 spiro atoms. The summed E-state index contributed by atoms with van der Waals surface area (Å²) < 4.78 is 5.66. The highest BCUT2D eigenvalue weighted by atomic mass is 16.3. The number of fused-ring (bicyclic) bond motifs is 2. The third kappa shape index (κ3) is 1.84. The van der Waals surface area contributed by atoms with Crippen LogP contribution in [0.5, 0.6) is 0 Å². The van der Waals surface area contributed by atoms with Crippen LogP contribution in [0.3, 0.4) is 0 Å². The molecule has 0 saturated heterocycles. The van der Waals surface area contributed by atoms with E-state index >= 15 is 0 Å². The fraction of sp³-hybridized carbons (Fsp3) is 0.133. The van der Waals surface area contributed by atoms with E-state index in [0.29, 0.717) is 21.9 Å². The van der Waals surface area contributed by atoms with Crippen LogP contribution in [-0.4, -0.2) is 18.2 Å². The molecule has 0 aliphatic rings. The average molecular weight is 267 g/mol. The predicted molar refractivity (Wildman–Crippen MR) is 80.5 cm³/mol. The van der Waals surface area contributed by atoms with Crippen LogP contribution in [-0.2, 0) is 0 Å². The lowest BCUT2D eigenvalue weighted by Crippen LogP contribution is -2.06. The lowest BCUT2D eigenvalue weighted by molar-refractivity contribution is 0.645. The summed E-state index contributed by atoms with van der Waals surface area (Å²) in [6.07, 6.45) is 1.57. The summed E-state index contributed by atoms with van der Waals surface area (Å²) in [6, 6.07) is 7.13. The number of pyridine rings is 1. The zero-order chi connectivity index (χ0) is 14.3. The Morgan fingerprint density at radius 1 is 1.30 bits per heavy atom. The van der Waals surface area contributed by atoms with E-state index in [0.717, 1.165) is 5.56 Å². The minimum Gasteiger partial charge on any atom is -0.437 e. The van der Waals surface area contributed by atoms with E-state index in [9.17, 15) is 4.79 Å². The molecule has 5 heteroatoms. The van der Waals surface area contributed by atoms with E-state index in [1.807, 2.05) is 19.1 Å². The number of rotatable bonds is 1. The van der Waals surface area contributed by atoms with Crippen LogP contribution in [0.1, 0.15) is 11.1 Å². The molecule has 0 amide bonds. The first-order valence-corrected chi connectivity index (χ1v) is 6.16. The second-order valence-electron chi connectivity index (χ2n) is 4.63. The van der Waals surface area contributed by atoms with Gasteiger partial charge in [0.15, 0.2) is 0 Å². The smallest absolute Gasteiger partial charge is 0.232 e. The topological polar surface area (TPSA) is 81.5 Å². The number of benzene rings is 1. The van der Waals surface area contributed by atoms with Gasteiger partial charge in [-0.3, -0.25) is 9.79 Å². The Morgan fingerprint density at radius 2 is 2.10 bits per heavy atom. The van der Waals surface area contributed by atoms with Crippen LogP contribution in [0.25, 0.3) is 22.1 Å². The lowest BCUT2D eigenvalue weighted by Gasteiger charge is -2.04. The molecule has 20 heavy (non-hydrogen) atoms. The number of aryl methyl sites for hydroxylation is 1. The van der Waals surface area contributed by atoms with Crippen molar-refractivity contribution in [3.8, 4) is 0 Å². The molecule has 0 atom stereocenters. The molecule has 2 aromatic heterocycles. The van der Waals surface area contributed by atoms with Crippen molar-refractivity contribution in [1.29, 1.82) is 0 Å². The van der Waals surface area contributed by atoms with Crippen LogP contribution >= 0.6 is 0 Å². The van der Waals surface area contributed by atoms with Gasteiger partial charge in [0.05, 0.1) is 10.8 Å². The van der Waals surface area contributed by atoms with E-state index < -0.39 is 0 Å². The molecule has 2 heterocycles. The molecule has 0 saturated carbocycles. The molecule has 0 aliphatic carbocycles. The normalized spacial score (nSPS) is 11.7. The number of nitrogens with two attached hydrogens (primary N) is 1. The van der Waals surface area contributed by atoms with Crippen molar-refractivity contribution in [3.05, 3.63) is 45.6 Å². The van der Waals surface area contributed by atoms with Crippen molar-refractivity contribution in [2.24, 2.45) is 4.99 Å². The molecule has 100 valence electrons. The number of nitrogens with zero attached hydrogens (tertiary/aromatic N) is 2. The first-order chi connectivity index (χ1) is 9.60. The highest BCUT2D eigenvalue weighted by molar-refractivity contribution is 5.94. The molecule has 0 bridgehead atoms. The highest BCUT2D eigenvalue weighted by Crippen LogP contribution is 2.20. The summed E-state index contributed by atoms with van der Waals surface area (Å²) in [6.45, 7) is 1.93. The van der Waals surface area contributed by atoms with Gasteiger partial charge in [0.1, 0.15) is 11.4 Å². The molecule has 0 fully saturated rings. The van der Waals surface area contributed by atoms with Gasteiger partial charge in [-0.1, -0.05) is 11.6 Å². The first-order valence-electron chi connectivity index (χ1n) is 6.16. The fourth-order valence-electron chi connectivity index (χ4n) is 2.17. The van der Waals surface area contributed by atoms with Gasteiger partial charge in [0.2, 0.25) is 11.1 Å². The van der Waals surface area contributed by atoms with E-state index in [1.54, 1.807) is 25.4 Å². The Morgan fingerprint density at radius 3 is 2.85 bits per heavy atom. The molecule has 1 aromatic carbocycles. The fourth-order valence-corrected chi connectivity index (χ4v) is 2.17. The monoisotopic (exact) mass is 267 g/mol. The van der Waals surface area contributed by atoms with Crippen molar-refractivity contribution < 1.29 is 4.42 Å². The second-order valence-corrected chi connectivity index (χ2v) is 4.63. The van der Waals surface area contributed by atoms with Gasteiger partial charge in [-0.25, -0.2) is 0 Å². The van der Waals surface area contributed by atoms with Gasteiger partial charge >= 0.3 is 0 Å². The summed E-state index contributed by atoms with van der Waals surface area (Å²) in [5.74, 6) is 0.290. The number of aromatic nitrogens is 1. The van der Waals surface area contributed by atoms with Crippen molar-refractivity contribution in [2.75, 3.05) is 12.8 Å². The molecule has 3 rings (SSSR count). The van der Waals surface area contributed by atoms with E-state index in [1.165, 1.54) is 0 Å². The number of anilines is 1. The van der Waals surface area contributed by atoms with Gasteiger partial charge in [-0.05, 0) is 25.1 Å². The second kappa shape index (κ2) is 4.45. The molecular weight excluding hydrogens is 254 g/mol. The van der Waals surface area contributed by atoms with Crippen molar-refractivity contribution in [1.82, 2.24) is 4.98 Å². The van der Waals surface area contributed by atoms with Gasteiger partial charge in [-0.2, -0.15) is 4.98 Å². The van der Waals surface area contributed by atoms with Gasteiger partial charge in [0, 0.05) is 18.8 Å². The van der Waals surface area contributed by atoms with Gasteiger partial charge in [-0.15, -0.1) is 0 Å². The van der Waals surface area contributed by atoms with E-state index in [-0.39, 0.29) is 17.0 Å². The lowest BCUT2D eigenvalue weighted by atomic mass is 10.1. The highest BCUT2D eigenvalue weighted by Gasteiger charge is 2.11. The minimum absolute atomic E-state index is 0.108. The van der Waals surface area contributed by atoms with Gasteiger partial charge in [0.25, 0.3) is 0 Å². The molecule has 2 N–H and O–H groups in total. The standard InChI is InChI=1S/C15H13N3O2/c1-8-3-4-12-10(5-8)13(19)11-6-9(7-17-2)14(16)18-15(11)20-12/h3-7H,1-2H3,(H2,16,18). The van der Waals surface area contributed by atoms with Crippen LogP contribution < -0.4 is 11.2 Å². The summed E-state index contributed by atoms with van der Waals surface area (Å²) in [7, 11) is 1.63. The zero-order valence-corrected chi connectivity index (χ0v) is 11.2. The average Bonchev–Trinajstić information content (AvgIpc) is 2.42. The zero-order valence-electron chi connectivity index (χ0n) is 11.2. The van der Waals surface area contributed by atoms with Crippen LogP contribution in [0.15, 0.2) is 38.5 Å². The van der Waals surface area contributed by atoms with Crippen LogP contribution in [0, 0.1) is 6.92 Å². The maximum Gasteiger partial charge on any atom is 0.232 e. The summed E-state index contributed by atoms with van der Waals surface area (Å²) in [4.78, 5) is 20.6. The van der Waals surface area contributed by atoms with Crippen molar-refractivity contribution >= 4 is 34.1 Å². The summed E-state index contributed by atoms with van der Waals surface area (Å²) in [5, 5.41) is 0.954. The number of hydrogen-bond acceptors (Lipinski definition) is 5. The maximum absolute atomic E-state index is 12.5. The van der Waals surface area contributed by atoms with Crippen LogP contribution in [0.2, 0.25) is 0 Å². The number of aliphatic imine (C=N–C) groups is 1. The Kier molecular flexibility index (Phi) is 2.75. The Balaban J connectivity index is 2.48. The van der Waals surface area contributed by atoms with Crippen molar-refractivity contribution in [3.63, 3.8) is 0 Å². The van der Waals surface area contributed by atoms with Crippen molar-refractivity contribution in [2.45, 2.75) is 6.92 Å². The van der Waals surface area contributed by atoms with E-state index in [2.05, 4.69) is 9.98 Å². The number of hydrogen-bond donors (Lipinski definition) is 1. The predicted octanol–water partition coefficient (Wildman–Crippen LogP) is 2.28. The summed E-state index contributed by atoms with van der Waals surface area (Å²) in [5.41, 5.74) is 8.09. The first kappa shape index (κ1) is 12.3. The molecule has 0 unspecified atom stereocenters. The largest absolute Gasteiger partial charge is 0.437 e. The SMILES string of the molecule is CN=Cc1cc2c(=O)c3cc(C)ccc3oc2nc1N. The Labute approximate surface area is 114 Å². The van der Waals surface area contributed by atoms with E-state index in [4.69, 9.17) is 10.2 Å². The minimum atomic E-state index is -0.108. The molecule has 3 aromatic rings. The molecule has 0 radical (unpaired) electrons. The Hall–Kier alpha value is -2.69. The summed E-state index contributed by atoms with van der Waals surface area (Å²) >= 11 is 0. The molecule has 5 nitrogen and oxygen atoms in total. The van der Waals surface area contributed by atoms with Crippen LogP contribution in [0.4, 0.5) is 5.82 Å². The number of nitrogen functional groups attached to an aromatic ring is 1. The third-order valence-corrected chi connectivity index (χ3v) is 3.15. The maximum atomic E-state index is 12.5. The van der Waals surface area contributed by atoms with Gasteiger partial charge < -0.3 is 10.2 Å². The molecular formula is C15H13N3O2. The third-order valence-electron chi connectivity index (χ3n) is 3.15. The molecule has 0 aliphatic heterocycles. The quantitative estimate of drug-likeness (QED) is 0.541.